The zero-order valence-corrected chi connectivity index (χ0v) is 16.9. The van der Waals surface area contributed by atoms with Gasteiger partial charge in [-0.15, -0.1) is 11.3 Å². The Kier molecular flexibility index (Phi) is 4.69. The third kappa shape index (κ3) is 3.34. The zero-order valence-electron chi connectivity index (χ0n) is 13.7. The highest BCUT2D eigenvalue weighted by molar-refractivity contribution is 9.11. The van der Waals surface area contributed by atoms with Crippen molar-refractivity contribution in [3.8, 4) is 0 Å². The van der Waals surface area contributed by atoms with Gasteiger partial charge >= 0.3 is 0 Å². The van der Waals surface area contributed by atoms with Crippen molar-refractivity contribution in [2.45, 2.75) is 11.3 Å². The van der Waals surface area contributed by atoms with Gasteiger partial charge < -0.3 is 0 Å². The number of thiophene rings is 1. The summed E-state index contributed by atoms with van der Waals surface area (Å²) in [4.78, 5) is 5.72. The summed E-state index contributed by atoms with van der Waals surface area (Å²) < 4.78 is 28.5. The number of nitrogens with zero attached hydrogens (tertiary/aromatic N) is 2. The van der Waals surface area contributed by atoms with Crippen LogP contribution in [-0.4, -0.2) is 21.2 Å². The molecule has 1 aliphatic heterocycles. The molecule has 0 bridgehead atoms. The number of sulfonamides is 1. The maximum atomic E-state index is 13.0. The van der Waals surface area contributed by atoms with Crippen molar-refractivity contribution in [2.24, 2.45) is 4.99 Å². The monoisotopic (exact) mass is 446 g/mol. The van der Waals surface area contributed by atoms with E-state index in [1.54, 1.807) is 41.8 Å². The van der Waals surface area contributed by atoms with Crippen LogP contribution in [0, 0.1) is 0 Å². The van der Waals surface area contributed by atoms with Crippen LogP contribution >= 0.6 is 27.3 Å². The SMILES string of the molecule is O=S(=O)(c1ccc(N=Cc2ccc(Br)s2)cc1)N1CCc2ccccc21. The van der Waals surface area contributed by atoms with Crippen LogP contribution in [-0.2, 0) is 16.4 Å². The third-order valence-electron chi connectivity index (χ3n) is 4.20. The van der Waals surface area contributed by atoms with Crippen LogP contribution in [0.4, 0.5) is 11.4 Å². The molecule has 0 fully saturated rings. The van der Waals surface area contributed by atoms with Gasteiger partial charge in [0.25, 0.3) is 10.0 Å². The van der Waals surface area contributed by atoms with Crippen LogP contribution in [0.5, 0.6) is 0 Å². The Morgan fingerprint density at radius 3 is 2.54 bits per heavy atom. The predicted octanol–water partition coefficient (Wildman–Crippen LogP) is 5.01. The molecular formula is C19H15BrN2O2S2. The fourth-order valence-corrected chi connectivity index (χ4v) is 5.72. The topological polar surface area (TPSA) is 49.7 Å². The van der Waals surface area contributed by atoms with Crippen LogP contribution in [0.1, 0.15) is 10.4 Å². The standard InChI is InChI=1S/C19H15BrN2O2S2/c20-19-10-7-16(25-19)13-21-15-5-8-17(9-6-15)26(23,24)22-12-11-14-3-1-2-4-18(14)22/h1-10,13H,11-12H2. The molecule has 7 heteroatoms. The van der Waals surface area contributed by atoms with E-state index < -0.39 is 10.0 Å². The Hall–Kier alpha value is -1.96. The van der Waals surface area contributed by atoms with Gasteiger partial charge in [0, 0.05) is 17.6 Å². The average molecular weight is 447 g/mol. The maximum Gasteiger partial charge on any atom is 0.264 e. The molecule has 0 atom stereocenters. The Bertz CT molecular complexity index is 1070. The molecule has 0 N–H and O–H groups in total. The van der Waals surface area contributed by atoms with Crippen LogP contribution in [0.25, 0.3) is 0 Å². The van der Waals surface area contributed by atoms with E-state index in [1.807, 2.05) is 36.4 Å². The minimum absolute atomic E-state index is 0.284. The first-order chi connectivity index (χ1) is 12.5. The van der Waals surface area contributed by atoms with Gasteiger partial charge in [0.15, 0.2) is 0 Å². The van der Waals surface area contributed by atoms with Crippen LogP contribution in [0.3, 0.4) is 0 Å². The molecular weight excluding hydrogens is 432 g/mol. The van der Waals surface area contributed by atoms with E-state index in [0.29, 0.717) is 6.54 Å². The number of aliphatic imine (C=N–C) groups is 1. The van der Waals surface area contributed by atoms with Gasteiger partial charge in [0.1, 0.15) is 0 Å². The van der Waals surface area contributed by atoms with Gasteiger partial charge in [-0.1, -0.05) is 18.2 Å². The fraction of sp³-hybridized carbons (Fsp3) is 0.105. The summed E-state index contributed by atoms with van der Waals surface area (Å²) in [6.45, 7) is 0.481. The van der Waals surface area contributed by atoms with E-state index in [9.17, 15) is 8.42 Å². The van der Waals surface area contributed by atoms with Crippen molar-refractivity contribution in [2.75, 3.05) is 10.8 Å². The molecule has 132 valence electrons. The molecule has 0 aliphatic carbocycles. The molecule has 0 spiro atoms. The van der Waals surface area contributed by atoms with Gasteiger partial charge in [-0.05, 0) is 70.4 Å². The highest BCUT2D eigenvalue weighted by Crippen LogP contribution is 2.33. The zero-order chi connectivity index (χ0) is 18.1. The molecule has 3 aromatic rings. The summed E-state index contributed by atoms with van der Waals surface area (Å²) in [7, 11) is -3.56. The summed E-state index contributed by atoms with van der Waals surface area (Å²) in [6, 6.07) is 18.3. The van der Waals surface area contributed by atoms with Gasteiger partial charge in [0.2, 0.25) is 0 Å². The lowest BCUT2D eigenvalue weighted by Crippen LogP contribution is -2.29. The van der Waals surface area contributed by atoms with E-state index in [2.05, 4.69) is 20.9 Å². The molecule has 0 amide bonds. The summed E-state index contributed by atoms with van der Waals surface area (Å²) in [5.74, 6) is 0. The van der Waals surface area contributed by atoms with Gasteiger partial charge in [-0.2, -0.15) is 0 Å². The second-order valence-corrected chi connectivity index (χ2v) is 10.2. The van der Waals surface area contributed by atoms with Gasteiger partial charge in [-0.25, -0.2) is 8.42 Å². The van der Waals surface area contributed by atoms with Crippen molar-refractivity contribution >= 4 is 54.9 Å². The maximum absolute atomic E-state index is 13.0. The first-order valence-corrected chi connectivity index (χ1v) is 11.1. The van der Waals surface area contributed by atoms with Crippen molar-refractivity contribution < 1.29 is 8.42 Å². The van der Waals surface area contributed by atoms with E-state index in [1.165, 1.54) is 4.31 Å². The Morgan fingerprint density at radius 1 is 1.04 bits per heavy atom. The minimum Gasteiger partial charge on any atom is -0.266 e. The fourth-order valence-electron chi connectivity index (χ4n) is 2.92. The number of para-hydroxylation sites is 1. The first kappa shape index (κ1) is 17.5. The van der Waals surface area contributed by atoms with Crippen molar-refractivity contribution in [1.82, 2.24) is 0 Å². The van der Waals surface area contributed by atoms with Crippen LogP contribution in [0.2, 0.25) is 0 Å². The largest absolute Gasteiger partial charge is 0.266 e. The molecule has 2 aromatic carbocycles. The van der Waals surface area contributed by atoms with E-state index in [-0.39, 0.29) is 4.90 Å². The Labute approximate surface area is 165 Å². The molecule has 0 saturated heterocycles. The Balaban J connectivity index is 1.57. The molecule has 1 aromatic heterocycles. The molecule has 2 heterocycles. The smallest absolute Gasteiger partial charge is 0.264 e. The first-order valence-electron chi connectivity index (χ1n) is 8.04. The number of halogens is 1. The van der Waals surface area contributed by atoms with Crippen molar-refractivity contribution in [1.29, 1.82) is 0 Å². The summed E-state index contributed by atoms with van der Waals surface area (Å²) in [6.07, 6.45) is 2.52. The number of anilines is 1. The van der Waals surface area contributed by atoms with E-state index in [0.717, 1.165) is 32.0 Å². The quantitative estimate of drug-likeness (QED) is 0.528. The molecule has 0 saturated carbocycles. The highest BCUT2D eigenvalue weighted by atomic mass is 79.9. The number of fused-ring (bicyclic) bond motifs is 1. The number of rotatable bonds is 4. The molecule has 4 rings (SSSR count). The Morgan fingerprint density at radius 2 is 1.81 bits per heavy atom. The van der Waals surface area contributed by atoms with Crippen LogP contribution < -0.4 is 4.31 Å². The molecule has 1 aliphatic rings. The molecule has 4 nitrogen and oxygen atoms in total. The van der Waals surface area contributed by atoms with E-state index >= 15 is 0 Å². The highest BCUT2D eigenvalue weighted by Gasteiger charge is 2.30. The lowest BCUT2D eigenvalue weighted by molar-refractivity contribution is 0.592. The number of hydrogen-bond acceptors (Lipinski definition) is 4. The predicted molar refractivity (Wildman–Crippen MR) is 110 cm³/mol. The van der Waals surface area contributed by atoms with E-state index in [4.69, 9.17) is 0 Å². The molecule has 0 radical (unpaired) electrons. The lowest BCUT2D eigenvalue weighted by Gasteiger charge is -2.19. The molecule has 26 heavy (non-hydrogen) atoms. The second kappa shape index (κ2) is 6.98. The van der Waals surface area contributed by atoms with Gasteiger partial charge in [-0.3, -0.25) is 9.30 Å². The number of benzene rings is 2. The lowest BCUT2D eigenvalue weighted by atomic mass is 10.2. The minimum atomic E-state index is -3.56. The van der Waals surface area contributed by atoms with Crippen molar-refractivity contribution in [3.63, 3.8) is 0 Å². The summed E-state index contributed by atoms with van der Waals surface area (Å²) in [5, 5.41) is 0. The summed E-state index contributed by atoms with van der Waals surface area (Å²) in [5.41, 5.74) is 2.56. The molecule has 0 unspecified atom stereocenters. The normalized spacial score (nSPS) is 14.1. The van der Waals surface area contributed by atoms with Crippen LogP contribution in [0.15, 0.2) is 74.3 Å². The van der Waals surface area contributed by atoms with Crippen molar-refractivity contribution in [3.05, 3.63) is 74.9 Å². The third-order valence-corrected chi connectivity index (χ3v) is 7.59. The summed E-state index contributed by atoms with van der Waals surface area (Å²) >= 11 is 5.01. The number of hydrogen-bond donors (Lipinski definition) is 0. The second-order valence-electron chi connectivity index (χ2n) is 5.85. The average Bonchev–Trinajstić information content (AvgIpc) is 3.26. The van der Waals surface area contributed by atoms with Gasteiger partial charge in [0.05, 0.1) is 20.1 Å².